The zero-order chi connectivity index (χ0) is 16.8. The number of carbonyl (C=O) groups is 1. The van der Waals surface area contributed by atoms with Gasteiger partial charge in [0, 0.05) is 11.4 Å². The third-order valence-corrected chi connectivity index (χ3v) is 4.71. The van der Waals surface area contributed by atoms with Gasteiger partial charge in [-0.05, 0) is 55.5 Å². The standard InChI is InChI=1S/C18H23FN2OS/c1-13(2)20-10-18(22)21(12-17-14(3)8-9-23-17)11-15-4-6-16(19)7-5-15/h4-9,13,20H,10-12H2,1-3H3/p+1. The van der Waals surface area contributed by atoms with Crippen molar-refractivity contribution in [1.82, 2.24) is 4.90 Å². The van der Waals surface area contributed by atoms with E-state index < -0.39 is 0 Å². The highest BCUT2D eigenvalue weighted by Gasteiger charge is 2.18. The SMILES string of the molecule is Cc1ccsc1CN(Cc1ccc(F)cc1)C(=O)C[NH2+]C(C)C. The quantitative estimate of drug-likeness (QED) is 0.830. The van der Waals surface area contributed by atoms with E-state index >= 15 is 0 Å². The molecule has 5 heteroatoms. The van der Waals surface area contributed by atoms with Crippen molar-refractivity contribution < 1.29 is 14.5 Å². The van der Waals surface area contributed by atoms with E-state index in [4.69, 9.17) is 0 Å². The van der Waals surface area contributed by atoms with Gasteiger partial charge in [0.25, 0.3) is 5.91 Å². The van der Waals surface area contributed by atoms with E-state index in [2.05, 4.69) is 26.8 Å². The molecule has 0 unspecified atom stereocenters. The minimum atomic E-state index is -0.256. The first-order valence-electron chi connectivity index (χ1n) is 7.84. The Bertz CT molecular complexity index is 637. The van der Waals surface area contributed by atoms with Gasteiger partial charge in [-0.1, -0.05) is 12.1 Å². The van der Waals surface area contributed by atoms with E-state index in [1.54, 1.807) is 23.5 Å². The number of benzene rings is 1. The van der Waals surface area contributed by atoms with Crippen molar-refractivity contribution in [3.05, 3.63) is 57.5 Å². The highest BCUT2D eigenvalue weighted by atomic mass is 32.1. The van der Waals surface area contributed by atoms with Crippen molar-refractivity contribution in [2.75, 3.05) is 6.54 Å². The molecular weight excluding hydrogens is 311 g/mol. The van der Waals surface area contributed by atoms with Gasteiger partial charge in [-0.3, -0.25) is 4.79 Å². The molecule has 0 fully saturated rings. The van der Waals surface area contributed by atoms with Crippen molar-refractivity contribution in [3.8, 4) is 0 Å². The number of hydrogen-bond acceptors (Lipinski definition) is 2. The summed E-state index contributed by atoms with van der Waals surface area (Å²) in [7, 11) is 0. The molecule has 0 bridgehead atoms. The monoisotopic (exact) mass is 335 g/mol. The summed E-state index contributed by atoms with van der Waals surface area (Å²) in [5.41, 5.74) is 2.15. The summed E-state index contributed by atoms with van der Waals surface area (Å²) in [4.78, 5) is 15.6. The topological polar surface area (TPSA) is 36.9 Å². The Kier molecular flexibility index (Phi) is 6.30. The number of halogens is 1. The first-order chi connectivity index (χ1) is 11.0. The van der Waals surface area contributed by atoms with Gasteiger partial charge in [-0.2, -0.15) is 0 Å². The van der Waals surface area contributed by atoms with Crippen LogP contribution in [-0.2, 0) is 17.9 Å². The van der Waals surface area contributed by atoms with Gasteiger partial charge in [-0.15, -0.1) is 11.3 Å². The minimum absolute atomic E-state index is 0.107. The van der Waals surface area contributed by atoms with Gasteiger partial charge in [0.1, 0.15) is 5.82 Å². The summed E-state index contributed by atoms with van der Waals surface area (Å²) >= 11 is 1.67. The highest BCUT2D eigenvalue weighted by Crippen LogP contribution is 2.19. The third-order valence-electron chi connectivity index (χ3n) is 3.71. The number of quaternary nitrogens is 1. The van der Waals surface area contributed by atoms with Gasteiger partial charge in [0.05, 0.1) is 12.6 Å². The van der Waals surface area contributed by atoms with Gasteiger partial charge < -0.3 is 10.2 Å². The fraction of sp³-hybridized carbons (Fsp3) is 0.389. The van der Waals surface area contributed by atoms with E-state index in [1.165, 1.54) is 22.6 Å². The average molecular weight is 335 g/mol. The summed E-state index contributed by atoms with van der Waals surface area (Å²) in [6.45, 7) is 7.74. The van der Waals surface area contributed by atoms with Crippen molar-refractivity contribution in [1.29, 1.82) is 0 Å². The molecule has 124 valence electrons. The normalized spacial score (nSPS) is 11.0. The molecule has 2 rings (SSSR count). The second kappa shape index (κ2) is 8.22. The van der Waals surface area contributed by atoms with Crippen molar-refractivity contribution in [2.45, 2.75) is 39.9 Å². The Morgan fingerprint density at radius 2 is 1.91 bits per heavy atom. The van der Waals surface area contributed by atoms with Crippen LogP contribution >= 0.6 is 11.3 Å². The number of amides is 1. The van der Waals surface area contributed by atoms with Crippen LogP contribution in [0.25, 0.3) is 0 Å². The molecule has 0 aliphatic carbocycles. The highest BCUT2D eigenvalue weighted by molar-refractivity contribution is 7.10. The minimum Gasteiger partial charge on any atom is -0.336 e. The molecule has 0 aliphatic heterocycles. The predicted octanol–water partition coefficient (Wildman–Crippen LogP) is 2.70. The summed E-state index contributed by atoms with van der Waals surface area (Å²) in [6, 6.07) is 8.81. The Balaban J connectivity index is 2.11. The van der Waals surface area contributed by atoms with Gasteiger partial charge in [-0.25, -0.2) is 4.39 Å². The lowest BCUT2D eigenvalue weighted by atomic mass is 10.2. The number of aryl methyl sites for hydroxylation is 1. The lowest BCUT2D eigenvalue weighted by Crippen LogP contribution is -2.90. The molecule has 3 nitrogen and oxygen atoms in total. The van der Waals surface area contributed by atoms with E-state index in [1.807, 2.05) is 15.6 Å². The van der Waals surface area contributed by atoms with Crippen LogP contribution in [0.15, 0.2) is 35.7 Å². The predicted molar refractivity (Wildman–Crippen MR) is 91.6 cm³/mol. The molecule has 0 saturated carbocycles. The van der Waals surface area contributed by atoms with Crippen molar-refractivity contribution >= 4 is 17.2 Å². The fourth-order valence-corrected chi connectivity index (χ4v) is 3.17. The Morgan fingerprint density at radius 1 is 1.22 bits per heavy atom. The first-order valence-corrected chi connectivity index (χ1v) is 8.72. The van der Waals surface area contributed by atoms with E-state index in [0.29, 0.717) is 25.7 Å². The Hall–Kier alpha value is -1.72. The molecule has 0 aliphatic rings. The van der Waals surface area contributed by atoms with Crippen LogP contribution in [-0.4, -0.2) is 23.4 Å². The number of nitrogens with two attached hydrogens (primary N) is 1. The summed E-state index contributed by atoms with van der Waals surface area (Å²) in [6.07, 6.45) is 0. The number of carbonyl (C=O) groups excluding carboxylic acids is 1. The van der Waals surface area contributed by atoms with Crippen LogP contribution in [0.5, 0.6) is 0 Å². The van der Waals surface area contributed by atoms with Crippen LogP contribution in [0, 0.1) is 12.7 Å². The maximum Gasteiger partial charge on any atom is 0.278 e. The van der Waals surface area contributed by atoms with E-state index in [9.17, 15) is 9.18 Å². The zero-order valence-electron chi connectivity index (χ0n) is 13.9. The fourth-order valence-electron chi connectivity index (χ4n) is 2.25. The van der Waals surface area contributed by atoms with Crippen LogP contribution in [0.4, 0.5) is 4.39 Å². The molecule has 2 aromatic rings. The molecule has 2 N–H and O–H groups in total. The number of hydrogen-bond donors (Lipinski definition) is 1. The third kappa shape index (κ3) is 5.44. The summed E-state index contributed by atoms with van der Waals surface area (Å²) < 4.78 is 13.1. The molecular formula is C18H24FN2OS+. The van der Waals surface area contributed by atoms with Crippen molar-refractivity contribution in [3.63, 3.8) is 0 Å². The van der Waals surface area contributed by atoms with Crippen LogP contribution < -0.4 is 5.32 Å². The smallest absolute Gasteiger partial charge is 0.278 e. The maximum atomic E-state index is 13.1. The van der Waals surface area contributed by atoms with Gasteiger partial charge in [0.15, 0.2) is 6.54 Å². The molecule has 1 amide bonds. The molecule has 0 atom stereocenters. The summed E-state index contributed by atoms with van der Waals surface area (Å²) in [5, 5.41) is 4.08. The van der Waals surface area contributed by atoms with Crippen LogP contribution in [0.3, 0.4) is 0 Å². The molecule has 1 heterocycles. The molecule has 23 heavy (non-hydrogen) atoms. The zero-order valence-corrected chi connectivity index (χ0v) is 14.7. The molecule has 0 spiro atoms. The average Bonchev–Trinajstić information content (AvgIpc) is 2.91. The van der Waals surface area contributed by atoms with E-state index in [-0.39, 0.29) is 11.7 Å². The van der Waals surface area contributed by atoms with Crippen molar-refractivity contribution in [2.24, 2.45) is 0 Å². The second-order valence-electron chi connectivity index (χ2n) is 6.09. The lowest BCUT2D eigenvalue weighted by Gasteiger charge is -2.22. The largest absolute Gasteiger partial charge is 0.336 e. The molecule has 1 aromatic carbocycles. The second-order valence-corrected chi connectivity index (χ2v) is 7.09. The number of rotatable bonds is 7. The van der Waals surface area contributed by atoms with E-state index in [0.717, 1.165) is 5.56 Å². The number of thiophene rings is 1. The van der Waals surface area contributed by atoms with Crippen LogP contribution in [0.1, 0.15) is 29.9 Å². The Morgan fingerprint density at radius 3 is 2.48 bits per heavy atom. The first kappa shape index (κ1) is 17.6. The van der Waals surface area contributed by atoms with Gasteiger partial charge in [0.2, 0.25) is 0 Å². The number of nitrogens with zero attached hydrogens (tertiary/aromatic N) is 1. The molecule has 0 saturated heterocycles. The summed E-state index contributed by atoms with van der Waals surface area (Å²) in [5.74, 6) is -0.148. The lowest BCUT2D eigenvalue weighted by molar-refractivity contribution is -0.673. The Labute approximate surface area is 141 Å². The molecule has 1 aromatic heterocycles. The molecule has 0 radical (unpaired) electrons. The maximum absolute atomic E-state index is 13.1. The van der Waals surface area contributed by atoms with Gasteiger partial charge >= 0.3 is 0 Å². The van der Waals surface area contributed by atoms with Crippen LogP contribution in [0.2, 0.25) is 0 Å².